The number of hydrogen-bond donors (Lipinski definition) is 0. The van der Waals surface area contributed by atoms with Gasteiger partial charge in [-0.1, -0.05) is 18.1 Å². The van der Waals surface area contributed by atoms with E-state index in [2.05, 4.69) is 21.9 Å². The highest BCUT2D eigenvalue weighted by Gasteiger charge is 2.21. The fourth-order valence-corrected chi connectivity index (χ4v) is 2.15. The molecular formula is C12H13BrO. The summed E-state index contributed by atoms with van der Waals surface area (Å²) in [4.78, 5) is 0. The van der Waals surface area contributed by atoms with E-state index < -0.39 is 0 Å². The number of methoxy groups -OCH3 is 1. The highest BCUT2D eigenvalue weighted by Crippen LogP contribution is 2.35. The number of ether oxygens (including phenoxy) is 1. The maximum atomic E-state index is 5.49. The molecule has 0 aliphatic rings. The molecule has 0 fully saturated rings. The van der Waals surface area contributed by atoms with E-state index in [0.717, 1.165) is 15.8 Å². The lowest BCUT2D eigenvalue weighted by atomic mass is 9.86. The molecule has 0 amide bonds. The van der Waals surface area contributed by atoms with Gasteiger partial charge in [-0.3, -0.25) is 0 Å². The van der Waals surface area contributed by atoms with Crippen molar-refractivity contribution >= 4 is 15.9 Å². The molecule has 74 valence electrons. The summed E-state index contributed by atoms with van der Waals surface area (Å²) in [5, 5.41) is 0. The average molecular weight is 253 g/mol. The molecule has 0 N–H and O–H groups in total. The van der Waals surface area contributed by atoms with Gasteiger partial charge in [-0.15, -0.1) is 6.42 Å². The van der Waals surface area contributed by atoms with Crippen molar-refractivity contribution in [2.75, 3.05) is 7.11 Å². The highest BCUT2D eigenvalue weighted by atomic mass is 79.9. The van der Waals surface area contributed by atoms with Crippen molar-refractivity contribution in [3.8, 4) is 18.1 Å². The molecule has 2 heteroatoms. The van der Waals surface area contributed by atoms with Gasteiger partial charge in [0.25, 0.3) is 0 Å². The van der Waals surface area contributed by atoms with Crippen LogP contribution >= 0.6 is 15.9 Å². The first-order valence-corrected chi connectivity index (χ1v) is 5.13. The maximum Gasteiger partial charge on any atom is 0.133 e. The van der Waals surface area contributed by atoms with Crippen molar-refractivity contribution in [1.82, 2.24) is 0 Å². The molecule has 0 aliphatic heterocycles. The number of terminal acetylenes is 1. The summed E-state index contributed by atoms with van der Waals surface area (Å²) in [7, 11) is 1.65. The van der Waals surface area contributed by atoms with Crippen molar-refractivity contribution in [2.45, 2.75) is 19.3 Å². The Bertz CT molecular complexity index is 374. The topological polar surface area (TPSA) is 9.23 Å². The van der Waals surface area contributed by atoms with E-state index in [9.17, 15) is 0 Å². The lowest BCUT2D eigenvalue weighted by molar-refractivity contribution is 0.410. The minimum Gasteiger partial charge on any atom is -0.496 e. The molecule has 0 unspecified atom stereocenters. The first kappa shape index (κ1) is 11.1. The average Bonchev–Trinajstić information content (AvgIpc) is 2.18. The summed E-state index contributed by atoms with van der Waals surface area (Å²) < 4.78 is 6.15. The highest BCUT2D eigenvalue weighted by molar-refractivity contribution is 9.10. The summed E-state index contributed by atoms with van der Waals surface area (Å²) in [6, 6.07) is 5.85. The summed E-state index contributed by atoms with van der Waals surface area (Å²) >= 11 is 3.50. The zero-order valence-corrected chi connectivity index (χ0v) is 10.2. The summed E-state index contributed by atoms with van der Waals surface area (Å²) in [6.45, 7) is 4.01. The first-order valence-electron chi connectivity index (χ1n) is 4.33. The lowest BCUT2D eigenvalue weighted by Gasteiger charge is -2.20. The molecule has 0 saturated heterocycles. The largest absolute Gasteiger partial charge is 0.496 e. The van der Waals surface area contributed by atoms with Gasteiger partial charge in [0.15, 0.2) is 0 Å². The van der Waals surface area contributed by atoms with E-state index in [-0.39, 0.29) is 5.41 Å². The van der Waals surface area contributed by atoms with Crippen LogP contribution in [0.15, 0.2) is 22.7 Å². The normalized spacial score (nSPS) is 10.8. The van der Waals surface area contributed by atoms with Crippen LogP contribution in [0.4, 0.5) is 0 Å². The third-order valence-corrected chi connectivity index (χ3v) is 3.04. The van der Waals surface area contributed by atoms with E-state index in [4.69, 9.17) is 11.2 Å². The molecule has 0 saturated carbocycles. The van der Waals surface area contributed by atoms with Crippen LogP contribution in [0.5, 0.6) is 5.75 Å². The van der Waals surface area contributed by atoms with Gasteiger partial charge in [-0.2, -0.15) is 0 Å². The Morgan fingerprint density at radius 2 is 2.07 bits per heavy atom. The lowest BCUT2D eigenvalue weighted by Crippen LogP contribution is -2.14. The summed E-state index contributed by atoms with van der Waals surface area (Å²) in [6.07, 6.45) is 5.49. The molecular weight excluding hydrogens is 240 g/mol. The number of rotatable bonds is 2. The van der Waals surface area contributed by atoms with Crippen LogP contribution in [0.1, 0.15) is 19.4 Å². The number of halogens is 1. The molecule has 1 aromatic rings. The van der Waals surface area contributed by atoms with E-state index in [1.165, 1.54) is 0 Å². The number of benzene rings is 1. The predicted molar refractivity (Wildman–Crippen MR) is 62.6 cm³/mol. The molecule has 0 radical (unpaired) electrons. The molecule has 1 aromatic carbocycles. The molecule has 14 heavy (non-hydrogen) atoms. The fourth-order valence-electron chi connectivity index (χ4n) is 1.23. The van der Waals surface area contributed by atoms with Gasteiger partial charge in [0, 0.05) is 0 Å². The van der Waals surface area contributed by atoms with Crippen LogP contribution in [0.2, 0.25) is 0 Å². The smallest absolute Gasteiger partial charge is 0.133 e. The molecule has 0 atom stereocenters. The van der Waals surface area contributed by atoms with Gasteiger partial charge in [-0.05, 0) is 41.4 Å². The molecule has 1 nitrogen and oxygen atoms in total. The predicted octanol–water partition coefficient (Wildman–Crippen LogP) is 3.37. The standard InChI is InChI=1S/C12H13BrO/c1-5-12(2,3)9-7-6-8-10(14-4)11(9)13/h1,6-8H,2-4H3. The Morgan fingerprint density at radius 1 is 1.43 bits per heavy atom. The third-order valence-electron chi connectivity index (χ3n) is 2.22. The second kappa shape index (κ2) is 4.06. The second-order valence-corrected chi connectivity index (χ2v) is 4.38. The van der Waals surface area contributed by atoms with Crippen LogP contribution in [0, 0.1) is 12.3 Å². The van der Waals surface area contributed by atoms with Crippen LogP contribution in [-0.2, 0) is 5.41 Å². The van der Waals surface area contributed by atoms with Crippen molar-refractivity contribution < 1.29 is 4.74 Å². The van der Waals surface area contributed by atoms with Crippen LogP contribution in [-0.4, -0.2) is 7.11 Å². The molecule has 1 rings (SSSR count). The van der Waals surface area contributed by atoms with Gasteiger partial charge in [0.1, 0.15) is 5.75 Å². The third kappa shape index (κ3) is 1.93. The van der Waals surface area contributed by atoms with Crippen molar-refractivity contribution in [2.24, 2.45) is 0 Å². The van der Waals surface area contributed by atoms with Gasteiger partial charge >= 0.3 is 0 Å². The van der Waals surface area contributed by atoms with Crippen LogP contribution < -0.4 is 4.74 Å². The van der Waals surface area contributed by atoms with E-state index in [0.29, 0.717) is 0 Å². The zero-order valence-electron chi connectivity index (χ0n) is 8.60. The molecule has 0 bridgehead atoms. The first-order chi connectivity index (χ1) is 6.53. The van der Waals surface area contributed by atoms with Gasteiger partial charge in [-0.25, -0.2) is 0 Å². The minimum absolute atomic E-state index is 0.284. The monoisotopic (exact) mass is 252 g/mol. The summed E-state index contributed by atoms with van der Waals surface area (Å²) in [5.41, 5.74) is 0.784. The Kier molecular flexibility index (Phi) is 3.23. The van der Waals surface area contributed by atoms with Crippen LogP contribution in [0.3, 0.4) is 0 Å². The Morgan fingerprint density at radius 3 is 2.57 bits per heavy atom. The van der Waals surface area contributed by atoms with Gasteiger partial charge in [0.2, 0.25) is 0 Å². The van der Waals surface area contributed by atoms with E-state index in [1.54, 1.807) is 7.11 Å². The molecule has 0 aliphatic carbocycles. The van der Waals surface area contributed by atoms with Crippen molar-refractivity contribution in [3.63, 3.8) is 0 Å². The fraction of sp³-hybridized carbons (Fsp3) is 0.333. The van der Waals surface area contributed by atoms with Crippen molar-refractivity contribution in [1.29, 1.82) is 0 Å². The Labute approximate surface area is 93.6 Å². The van der Waals surface area contributed by atoms with E-state index >= 15 is 0 Å². The molecule has 0 spiro atoms. The quantitative estimate of drug-likeness (QED) is 0.734. The van der Waals surface area contributed by atoms with Crippen LogP contribution in [0.25, 0.3) is 0 Å². The van der Waals surface area contributed by atoms with Gasteiger partial charge < -0.3 is 4.74 Å². The van der Waals surface area contributed by atoms with E-state index in [1.807, 2.05) is 32.0 Å². The Balaban J connectivity index is 3.31. The molecule has 0 heterocycles. The summed E-state index contributed by atoms with van der Waals surface area (Å²) in [5.74, 6) is 3.58. The zero-order chi connectivity index (χ0) is 10.8. The molecule has 0 aromatic heterocycles. The second-order valence-electron chi connectivity index (χ2n) is 3.59. The maximum absolute atomic E-state index is 5.49. The van der Waals surface area contributed by atoms with Crippen molar-refractivity contribution in [3.05, 3.63) is 28.2 Å². The number of hydrogen-bond acceptors (Lipinski definition) is 1. The SMILES string of the molecule is C#CC(C)(C)c1cccc(OC)c1Br. The van der Waals surface area contributed by atoms with Gasteiger partial charge in [0.05, 0.1) is 17.0 Å². The minimum atomic E-state index is -0.284. The Hall–Kier alpha value is -0.940.